The predicted octanol–water partition coefficient (Wildman–Crippen LogP) is 6.12. The van der Waals surface area contributed by atoms with Gasteiger partial charge in [-0.25, -0.2) is 4.39 Å². The number of benzene rings is 3. The Hall–Kier alpha value is -3.60. The average molecular weight is 429 g/mol. The van der Waals surface area contributed by atoms with Crippen molar-refractivity contribution in [2.45, 2.75) is 31.7 Å². The van der Waals surface area contributed by atoms with Gasteiger partial charge in [0, 0.05) is 17.7 Å². The molecular weight excluding hydrogens is 403 g/mol. The van der Waals surface area contributed by atoms with Crippen molar-refractivity contribution in [3.8, 4) is 5.75 Å². The van der Waals surface area contributed by atoms with E-state index < -0.39 is 0 Å². The number of allylic oxidation sites excluding steroid dienone is 1. The first kappa shape index (κ1) is 20.3. The number of methoxy groups -OCH3 is 1. The second-order valence-electron chi connectivity index (χ2n) is 8.50. The minimum Gasteiger partial charge on any atom is -0.497 e. The first-order valence-corrected chi connectivity index (χ1v) is 10.8. The van der Waals surface area contributed by atoms with Gasteiger partial charge in [-0.3, -0.25) is 4.79 Å². The fourth-order valence-corrected chi connectivity index (χ4v) is 4.68. The lowest BCUT2D eigenvalue weighted by Crippen LogP contribution is -2.26. The molecule has 32 heavy (non-hydrogen) atoms. The molecule has 0 fully saturated rings. The van der Waals surface area contributed by atoms with E-state index in [9.17, 15) is 9.18 Å². The van der Waals surface area contributed by atoms with Gasteiger partial charge in [-0.05, 0) is 72.4 Å². The summed E-state index contributed by atoms with van der Waals surface area (Å²) in [5.41, 5.74) is 6.64. The Kier molecular flexibility index (Phi) is 5.17. The molecular formula is C27H25FN2O2. The Bertz CT molecular complexity index is 1200. The molecule has 2 N–H and O–H groups in total. The van der Waals surface area contributed by atoms with Crippen LogP contribution in [0.5, 0.6) is 5.75 Å². The predicted molar refractivity (Wildman–Crippen MR) is 125 cm³/mol. The molecule has 2 atom stereocenters. The molecule has 0 spiro atoms. The molecule has 162 valence electrons. The van der Waals surface area contributed by atoms with Crippen LogP contribution in [-0.2, 0) is 4.79 Å². The van der Waals surface area contributed by atoms with Crippen molar-refractivity contribution >= 4 is 17.2 Å². The lowest BCUT2D eigenvalue weighted by atomic mass is 9.78. The van der Waals surface area contributed by atoms with Crippen LogP contribution in [0.4, 0.5) is 15.8 Å². The van der Waals surface area contributed by atoms with E-state index in [1.54, 1.807) is 19.2 Å². The summed E-state index contributed by atoms with van der Waals surface area (Å²) >= 11 is 0. The number of Topliss-reactive ketones (excluding diaryl/α,β-unsaturated/α-hetero) is 1. The SMILES string of the molecule is COc1ccc([C@@H]2CC(=O)C3=C(C2)Nc2ccc(C)cc2N[C@H]3c2ccc(F)cc2)cc1. The van der Waals surface area contributed by atoms with E-state index in [0.717, 1.165) is 51.5 Å². The number of carbonyl (C=O) groups excluding carboxylic acids is 1. The number of fused-ring (bicyclic) bond motifs is 1. The zero-order valence-electron chi connectivity index (χ0n) is 18.1. The molecule has 0 unspecified atom stereocenters. The molecule has 0 amide bonds. The molecule has 1 aliphatic heterocycles. The standard InChI is InChI=1S/C27H25FN2O2/c1-16-3-12-22-23(13-16)30-27(18-4-8-20(28)9-5-18)26-24(29-22)14-19(15-25(26)31)17-6-10-21(32-2)11-7-17/h3-13,19,27,29-30H,14-15H2,1-2H3/t19-,27-/m0/s1. The number of aryl methyl sites for hydroxylation is 1. The number of rotatable bonds is 3. The summed E-state index contributed by atoms with van der Waals surface area (Å²) in [5.74, 6) is 0.695. The van der Waals surface area contributed by atoms with Crippen LogP contribution in [0, 0.1) is 12.7 Å². The van der Waals surface area contributed by atoms with Crippen molar-refractivity contribution in [1.29, 1.82) is 0 Å². The summed E-state index contributed by atoms with van der Waals surface area (Å²) in [4.78, 5) is 13.5. The summed E-state index contributed by atoms with van der Waals surface area (Å²) in [6.07, 6.45) is 1.15. The van der Waals surface area contributed by atoms with Crippen molar-refractivity contribution in [1.82, 2.24) is 0 Å². The van der Waals surface area contributed by atoms with Gasteiger partial charge in [-0.2, -0.15) is 0 Å². The number of anilines is 2. The average Bonchev–Trinajstić information content (AvgIpc) is 2.96. The van der Waals surface area contributed by atoms with Crippen LogP contribution < -0.4 is 15.4 Å². The Labute approximate surface area is 187 Å². The van der Waals surface area contributed by atoms with Gasteiger partial charge in [0.05, 0.1) is 24.5 Å². The molecule has 0 saturated heterocycles. The zero-order valence-corrected chi connectivity index (χ0v) is 18.1. The first-order valence-electron chi connectivity index (χ1n) is 10.8. The molecule has 0 aromatic heterocycles. The third kappa shape index (κ3) is 3.75. The lowest BCUT2D eigenvalue weighted by Gasteiger charge is -2.30. The number of hydrogen-bond acceptors (Lipinski definition) is 4. The van der Waals surface area contributed by atoms with Crippen molar-refractivity contribution in [3.63, 3.8) is 0 Å². The summed E-state index contributed by atoms with van der Waals surface area (Å²) in [7, 11) is 1.65. The minimum atomic E-state index is -0.342. The van der Waals surface area contributed by atoms with Crippen LogP contribution in [0.2, 0.25) is 0 Å². The van der Waals surface area contributed by atoms with Crippen molar-refractivity contribution in [2.24, 2.45) is 0 Å². The maximum Gasteiger partial charge on any atom is 0.163 e. The second-order valence-corrected chi connectivity index (χ2v) is 8.50. The number of ether oxygens (including phenoxy) is 1. The van der Waals surface area contributed by atoms with E-state index in [0.29, 0.717) is 6.42 Å². The van der Waals surface area contributed by atoms with Crippen molar-refractivity contribution in [3.05, 3.63) is 101 Å². The highest BCUT2D eigenvalue weighted by Crippen LogP contribution is 2.44. The largest absolute Gasteiger partial charge is 0.497 e. The van der Waals surface area contributed by atoms with Crippen LogP contribution in [0.15, 0.2) is 78.0 Å². The van der Waals surface area contributed by atoms with Crippen LogP contribution >= 0.6 is 0 Å². The Morgan fingerprint density at radius 1 is 0.906 bits per heavy atom. The van der Waals surface area contributed by atoms with Gasteiger partial charge in [-0.15, -0.1) is 0 Å². The van der Waals surface area contributed by atoms with Gasteiger partial charge in [0.1, 0.15) is 11.6 Å². The molecule has 0 bridgehead atoms. The third-order valence-electron chi connectivity index (χ3n) is 6.35. The number of halogens is 1. The molecule has 5 rings (SSSR count). The highest BCUT2D eigenvalue weighted by molar-refractivity contribution is 6.01. The van der Waals surface area contributed by atoms with Gasteiger partial charge in [0.2, 0.25) is 0 Å². The highest BCUT2D eigenvalue weighted by Gasteiger charge is 2.36. The minimum absolute atomic E-state index is 0.0838. The van der Waals surface area contributed by atoms with E-state index in [1.165, 1.54) is 12.1 Å². The number of nitrogens with one attached hydrogen (secondary N) is 2. The van der Waals surface area contributed by atoms with Crippen molar-refractivity contribution < 1.29 is 13.9 Å². The summed E-state index contributed by atoms with van der Waals surface area (Å²) in [6, 6.07) is 20.2. The van der Waals surface area contributed by atoms with Crippen LogP contribution in [0.1, 0.15) is 41.5 Å². The molecule has 4 nitrogen and oxygen atoms in total. The molecule has 1 heterocycles. The number of hydrogen-bond donors (Lipinski definition) is 2. The van der Waals surface area contributed by atoms with E-state index in [1.807, 2.05) is 37.3 Å². The monoisotopic (exact) mass is 428 g/mol. The Balaban J connectivity index is 1.58. The fraction of sp³-hybridized carbons (Fsp3) is 0.222. The maximum absolute atomic E-state index is 13.6. The molecule has 1 aliphatic carbocycles. The topological polar surface area (TPSA) is 50.4 Å². The lowest BCUT2D eigenvalue weighted by molar-refractivity contribution is -0.116. The van der Waals surface area contributed by atoms with Crippen LogP contribution in [0.3, 0.4) is 0 Å². The smallest absolute Gasteiger partial charge is 0.163 e. The van der Waals surface area contributed by atoms with E-state index in [2.05, 4.69) is 22.8 Å². The second kappa shape index (κ2) is 8.15. The van der Waals surface area contributed by atoms with Gasteiger partial charge in [0.25, 0.3) is 0 Å². The quantitative estimate of drug-likeness (QED) is 0.528. The first-order chi connectivity index (χ1) is 15.5. The Morgan fingerprint density at radius 2 is 1.62 bits per heavy atom. The van der Waals surface area contributed by atoms with Gasteiger partial charge < -0.3 is 15.4 Å². The molecule has 5 heteroatoms. The third-order valence-corrected chi connectivity index (χ3v) is 6.35. The van der Waals surface area contributed by atoms with Gasteiger partial charge >= 0.3 is 0 Å². The van der Waals surface area contributed by atoms with Crippen molar-refractivity contribution in [2.75, 3.05) is 17.7 Å². The summed E-state index contributed by atoms with van der Waals surface area (Å²) in [5, 5.41) is 7.11. The van der Waals surface area contributed by atoms with Gasteiger partial charge in [-0.1, -0.05) is 30.3 Å². The molecule has 0 saturated carbocycles. The van der Waals surface area contributed by atoms with Gasteiger partial charge in [0.15, 0.2) is 5.78 Å². The number of carbonyl (C=O) groups is 1. The molecule has 3 aromatic rings. The molecule has 0 radical (unpaired) electrons. The zero-order chi connectivity index (χ0) is 22.2. The summed E-state index contributed by atoms with van der Waals surface area (Å²) in [6.45, 7) is 2.04. The molecule has 3 aromatic carbocycles. The van der Waals surface area contributed by atoms with Crippen LogP contribution in [0.25, 0.3) is 0 Å². The summed E-state index contributed by atoms with van der Waals surface area (Å²) < 4.78 is 18.9. The fourth-order valence-electron chi connectivity index (χ4n) is 4.68. The molecule has 2 aliphatic rings. The van der Waals surface area contributed by atoms with E-state index in [4.69, 9.17) is 4.74 Å². The normalized spacial score (nSPS) is 19.9. The van der Waals surface area contributed by atoms with E-state index in [-0.39, 0.29) is 23.6 Å². The Morgan fingerprint density at radius 3 is 2.34 bits per heavy atom. The maximum atomic E-state index is 13.6. The van der Waals surface area contributed by atoms with Crippen LogP contribution in [-0.4, -0.2) is 12.9 Å². The highest BCUT2D eigenvalue weighted by atomic mass is 19.1. The van der Waals surface area contributed by atoms with E-state index >= 15 is 0 Å². The number of ketones is 1.